The summed E-state index contributed by atoms with van der Waals surface area (Å²) in [6.07, 6.45) is 0. The van der Waals surface area contributed by atoms with Gasteiger partial charge in [-0.15, -0.1) is 0 Å². The van der Waals surface area contributed by atoms with E-state index >= 15 is 0 Å². The number of carboxylic acid groups (broad SMARTS) is 1. The van der Waals surface area contributed by atoms with Gasteiger partial charge in [0.15, 0.2) is 6.61 Å². The van der Waals surface area contributed by atoms with Gasteiger partial charge in [0.25, 0.3) is 5.91 Å². The maximum absolute atomic E-state index is 13.2. The van der Waals surface area contributed by atoms with Crippen molar-refractivity contribution >= 4 is 23.5 Å². The Bertz CT molecular complexity index is 1120. The predicted molar refractivity (Wildman–Crippen MR) is 124 cm³/mol. The predicted octanol–water partition coefficient (Wildman–Crippen LogP) is 4.66. The molecule has 0 atom stereocenters. The largest absolute Gasteiger partial charge is 0.497 e. The third-order valence-electron chi connectivity index (χ3n) is 4.96. The summed E-state index contributed by atoms with van der Waals surface area (Å²) < 4.78 is 16.2. The fourth-order valence-electron chi connectivity index (χ4n) is 3.25. The van der Waals surface area contributed by atoms with Gasteiger partial charge in [0.1, 0.15) is 22.8 Å². The Morgan fingerprint density at radius 1 is 0.909 bits per heavy atom. The molecule has 3 aromatic rings. The van der Waals surface area contributed by atoms with E-state index in [1.165, 1.54) is 18.2 Å². The Hall–Kier alpha value is -3.71. The summed E-state index contributed by atoms with van der Waals surface area (Å²) in [5.41, 5.74) is 1.62. The molecule has 0 spiro atoms. The number of aromatic carboxylic acids is 1. The van der Waals surface area contributed by atoms with Crippen molar-refractivity contribution in [1.29, 1.82) is 0 Å². The van der Waals surface area contributed by atoms with Gasteiger partial charge in [-0.1, -0.05) is 41.9 Å². The van der Waals surface area contributed by atoms with E-state index in [2.05, 4.69) is 0 Å². The Balaban J connectivity index is 1.81. The van der Waals surface area contributed by atoms with Crippen LogP contribution in [-0.2, 0) is 17.9 Å². The van der Waals surface area contributed by atoms with Gasteiger partial charge in [-0.05, 0) is 42.0 Å². The first-order valence-electron chi connectivity index (χ1n) is 10.1. The van der Waals surface area contributed by atoms with Gasteiger partial charge in [-0.25, -0.2) is 4.79 Å². The maximum Gasteiger partial charge on any atom is 0.339 e. The first-order chi connectivity index (χ1) is 15.9. The molecule has 0 bridgehead atoms. The quantitative estimate of drug-likeness (QED) is 0.464. The van der Waals surface area contributed by atoms with Crippen molar-refractivity contribution in [2.24, 2.45) is 0 Å². The number of ether oxygens (including phenoxy) is 3. The summed E-state index contributed by atoms with van der Waals surface area (Å²) in [5.74, 6) is -0.0561. The first kappa shape index (κ1) is 23.9. The highest BCUT2D eigenvalue weighted by Crippen LogP contribution is 2.24. The molecule has 0 aliphatic carbocycles. The van der Waals surface area contributed by atoms with Crippen LogP contribution in [0.25, 0.3) is 0 Å². The highest BCUT2D eigenvalue weighted by Gasteiger charge is 2.19. The van der Waals surface area contributed by atoms with Crippen LogP contribution in [0.15, 0.2) is 66.7 Å². The Labute approximate surface area is 197 Å². The fraction of sp³-hybridized carbons (Fsp3) is 0.200. The third kappa shape index (κ3) is 6.40. The molecule has 0 saturated heterocycles. The van der Waals surface area contributed by atoms with Gasteiger partial charge < -0.3 is 24.2 Å². The average Bonchev–Trinajstić information content (AvgIpc) is 2.83. The van der Waals surface area contributed by atoms with Gasteiger partial charge in [0.2, 0.25) is 0 Å². The molecule has 3 rings (SSSR count). The number of nitrogens with zero attached hydrogens (tertiary/aromatic N) is 1. The molecule has 0 aliphatic heterocycles. The highest BCUT2D eigenvalue weighted by atomic mass is 35.5. The molecule has 1 amide bonds. The van der Waals surface area contributed by atoms with E-state index in [1.807, 2.05) is 48.5 Å². The number of carbonyl (C=O) groups excluding carboxylic acids is 1. The van der Waals surface area contributed by atoms with Crippen LogP contribution in [0.1, 0.15) is 21.5 Å². The lowest BCUT2D eigenvalue weighted by Crippen LogP contribution is -2.34. The second kappa shape index (κ2) is 11.2. The van der Waals surface area contributed by atoms with E-state index in [4.69, 9.17) is 25.8 Å². The molecule has 1 N–H and O–H groups in total. The molecule has 0 aliphatic rings. The number of methoxy groups -OCH3 is 2. The molecule has 0 unspecified atom stereocenters. The molecule has 33 heavy (non-hydrogen) atoms. The molecule has 3 aromatic carbocycles. The molecule has 0 aromatic heterocycles. The minimum absolute atomic E-state index is 0.0712. The van der Waals surface area contributed by atoms with Gasteiger partial charge >= 0.3 is 5.97 Å². The molecule has 7 nitrogen and oxygen atoms in total. The Morgan fingerprint density at radius 3 is 2.30 bits per heavy atom. The lowest BCUT2D eigenvalue weighted by molar-refractivity contribution is -0.134. The zero-order valence-electron chi connectivity index (χ0n) is 18.3. The summed E-state index contributed by atoms with van der Waals surface area (Å²) in [6, 6.07) is 19.1. The molecule has 0 fully saturated rings. The van der Waals surface area contributed by atoms with E-state index in [1.54, 1.807) is 19.1 Å². The molecule has 0 saturated carbocycles. The Morgan fingerprint density at radius 2 is 1.64 bits per heavy atom. The van der Waals surface area contributed by atoms with Gasteiger partial charge in [-0.2, -0.15) is 0 Å². The zero-order valence-corrected chi connectivity index (χ0v) is 19.0. The Kier molecular flexibility index (Phi) is 8.16. The topological polar surface area (TPSA) is 85.3 Å². The molecule has 172 valence electrons. The van der Waals surface area contributed by atoms with Crippen molar-refractivity contribution in [3.63, 3.8) is 0 Å². The number of carboxylic acids is 1. The summed E-state index contributed by atoms with van der Waals surface area (Å²) in [5, 5.41) is 9.66. The van der Waals surface area contributed by atoms with Crippen molar-refractivity contribution in [3.05, 3.63) is 88.4 Å². The number of amides is 1. The second-order valence-corrected chi connectivity index (χ2v) is 7.58. The van der Waals surface area contributed by atoms with E-state index in [0.29, 0.717) is 18.0 Å². The molecule has 0 radical (unpaired) electrons. The van der Waals surface area contributed by atoms with Crippen molar-refractivity contribution in [3.8, 4) is 17.2 Å². The van der Waals surface area contributed by atoms with Crippen molar-refractivity contribution < 1.29 is 28.9 Å². The normalized spacial score (nSPS) is 10.4. The summed E-state index contributed by atoms with van der Waals surface area (Å²) in [4.78, 5) is 26.3. The van der Waals surface area contributed by atoms with Crippen LogP contribution in [0, 0.1) is 0 Å². The van der Waals surface area contributed by atoms with Gasteiger partial charge in [0, 0.05) is 23.7 Å². The van der Waals surface area contributed by atoms with E-state index in [-0.39, 0.29) is 35.4 Å². The van der Waals surface area contributed by atoms with Crippen molar-refractivity contribution in [1.82, 2.24) is 4.90 Å². The van der Waals surface area contributed by atoms with Gasteiger partial charge in [0.05, 0.1) is 14.2 Å². The number of benzene rings is 3. The second-order valence-electron chi connectivity index (χ2n) is 7.14. The standard InChI is InChI=1S/C25H24ClNO6/c1-31-20-10-7-17(8-11-20)14-27(15-18-5-3-4-6-22(18)32-2)24(28)16-33-23-12-9-19(26)13-21(23)25(29)30/h3-13H,14-16H2,1-2H3,(H,29,30). The van der Waals surface area contributed by atoms with Crippen LogP contribution in [0.4, 0.5) is 0 Å². The van der Waals surface area contributed by atoms with Crippen LogP contribution in [-0.4, -0.2) is 42.7 Å². The first-order valence-corrected chi connectivity index (χ1v) is 10.5. The van der Waals surface area contributed by atoms with Crippen LogP contribution in [0.3, 0.4) is 0 Å². The SMILES string of the molecule is COc1ccc(CN(Cc2ccccc2OC)C(=O)COc2ccc(Cl)cc2C(=O)O)cc1. The van der Waals surface area contributed by atoms with E-state index in [9.17, 15) is 14.7 Å². The summed E-state index contributed by atoms with van der Waals surface area (Å²) in [7, 11) is 3.16. The van der Waals surface area contributed by atoms with Crippen LogP contribution >= 0.6 is 11.6 Å². The minimum Gasteiger partial charge on any atom is -0.497 e. The highest BCUT2D eigenvalue weighted by molar-refractivity contribution is 6.31. The maximum atomic E-state index is 13.2. The van der Waals surface area contributed by atoms with Crippen LogP contribution in [0.2, 0.25) is 5.02 Å². The lowest BCUT2D eigenvalue weighted by Gasteiger charge is -2.24. The molecular weight excluding hydrogens is 446 g/mol. The number of para-hydroxylation sites is 1. The van der Waals surface area contributed by atoms with Crippen molar-refractivity contribution in [2.45, 2.75) is 13.1 Å². The molecule has 0 heterocycles. The molecular formula is C25H24ClNO6. The monoisotopic (exact) mass is 469 g/mol. The summed E-state index contributed by atoms with van der Waals surface area (Å²) >= 11 is 5.89. The molecule has 8 heteroatoms. The zero-order chi connectivity index (χ0) is 23.8. The van der Waals surface area contributed by atoms with E-state index < -0.39 is 5.97 Å². The van der Waals surface area contributed by atoms with E-state index in [0.717, 1.165) is 11.1 Å². The summed E-state index contributed by atoms with van der Waals surface area (Å²) in [6.45, 7) is 0.258. The average molecular weight is 470 g/mol. The smallest absolute Gasteiger partial charge is 0.339 e. The number of carbonyl (C=O) groups is 2. The third-order valence-corrected chi connectivity index (χ3v) is 5.20. The van der Waals surface area contributed by atoms with Crippen molar-refractivity contribution in [2.75, 3.05) is 20.8 Å². The van der Waals surface area contributed by atoms with Gasteiger partial charge in [-0.3, -0.25) is 4.79 Å². The fourth-order valence-corrected chi connectivity index (χ4v) is 3.42. The minimum atomic E-state index is -1.19. The number of hydrogen-bond acceptors (Lipinski definition) is 5. The lowest BCUT2D eigenvalue weighted by atomic mass is 10.1. The van der Waals surface area contributed by atoms with Crippen LogP contribution < -0.4 is 14.2 Å². The number of rotatable bonds is 10. The van der Waals surface area contributed by atoms with Crippen LogP contribution in [0.5, 0.6) is 17.2 Å². The number of hydrogen-bond donors (Lipinski definition) is 1. The number of halogens is 1.